The minimum Gasteiger partial charge on any atom is -0.508 e. The fourth-order valence-corrected chi connectivity index (χ4v) is 4.88. The number of carbonyl (C=O) groups is 1. The third-order valence-electron chi connectivity index (χ3n) is 4.58. The molecule has 1 fully saturated rings. The second-order valence-corrected chi connectivity index (χ2v) is 8.22. The summed E-state index contributed by atoms with van der Waals surface area (Å²) in [4.78, 5) is 12.7. The molecule has 9 heteroatoms. The number of carbonyl (C=O) groups excluding carboxylic acids is 1. The number of phenols is 1. The zero-order chi connectivity index (χ0) is 20.3. The van der Waals surface area contributed by atoms with Crippen LogP contribution in [0.15, 0.2) is 47.4 Å². The first-order valence-corrected chi connectivity index (χ1v) is 10.1. The van der Waals surface area contributed by atoms with E-state index in [9.17, 15) is 18.3 Å². The Morgan fingerprint density at radius 1 is 1.14 bits per heavy atom. The molecule has 150 valence electrons. The van der Waals surface area contributed by atoms with Gasteiger partial charge in [0, 0.05) is 24.4 Å². The molecule has 1 atom stereocenters. The van der Waals surface area contributed by atoms with Gasteiger partial charge < -0.3 is 19.9 Å². The molecular weight excluding hydrogens is 384 g/mol. The van der Waals surface area contributed by atoms with Crippen LogP contribution in [0, 0.1) is 0 Å². The van der Waals surface area contributed by atoms with Crippen LogP contribution < -0.4 is 14.8 Å². The molecule has 1 amide bonds. The average molecular weight is 406 g/mol. The number of methoxy groups -OCH3 is 2. The Morgan fingerprint density at radius 3 is 2.57 bits per heavy atom. The lowest BCUT2D eigenvalue weighted by Gasteiger charge is -2.24. The van der Waals surface area contributed by atoms with E-state index in [4.69, 9.17) is 9.47 Å². The highest BCUT2D eigenvalue weighted by Crippen LogP contribution is 2.33. The molecule has 0 saturated carbocycles. The molecule has 2 aromatic carbocycles. The van der Waals surface area contributed by atoms with Crippen molar-refractivity contribution in [3.05, 3.63) is 42.5 Å². The molecule has 3 rings (SSSR count). The molecule has 1 heterocycles. The van der Waals surface area contributed by atoms with E-state index in [1.165, 1.54) is 48.9 Å². The third-order valence-corrected chi connectivity index (χ3v) is 6.49. The number of hydrogen-bond acceptors (Lipinski definition) is 6. The Labute approximate surface area is 163 Å². The van der Waals surface area contributed by atoms with Gasteiger partial charge >= 0.3 is 0 Å². The largest absolute Gasteiger partial charge is 0.508 e. The molecule has 0 spiro atoms. The van der Waals surface area contributed by atoms with E-state index in [0.29, 0.717) is 30.0 Å². The number of sulfonamides is 1. The van der Waals surface area contributed by atoms with E-state index >= 15 is 0 Å². The fraction of sp³-hybridized carbons (Fsp3) is 0.316. The van der Waals surface area contributed by atoms with E-state index in [2.05, 4.69) is 5.32 Å². The number of anilines is 1. The molecular formula is C19H22N2O6S. The molecule has 28 heavy (non-hydrogen) atoms. The minimum absolute atomic E-state index is 0.0130. The summed E-state index contributed by atoms with van der Waals surface area (Å²) in [5.41, 5.74) is 0.403. The van der Waals surface area contributed by atoms with Crippen molar-refractivity contribution >= 4 is 21.6 Å². The maximum Gasteiger partial charge on any atom is 0.243 e. The van der Waals surface area contributed by atoms with Crippen molar-refractivity contribution < 1.29 is 27.8 Å². The summed E-state index contributed by atoms with van der Waals surface area (Å²) < 4.78 is 37.8. The van der Waals surface area contributed by atoms with Crippen molar-refractivity contribution in [1.82, 2.24) is 4.31 Å². The third kappa shape index (κ3) is 3.90. The predicted octanol–water partition coefficient (Wildman–Crippen LogP) is 2.20. The minimum atomic E-state index is -3.90. The molecule has 1 unspecified atom stereocenters. The number of hydrogen-bond donors (Lipinski definition) is 2. The Hall–Kier alpha value is -2.78. The Balaban J connectivity index is 1.85. The number of phenolic OH excluding ortho intramolecular Hbond substituents is 1. The molecule has 2 N–H and O–H groups in total. The second kappa shape index (κ2) is 8.07. The number of amides is 1. The van der Waals surface area contributed by atoms with E-state index in [-0.39, 0.29) is 17.2 Å². The van der Waals surface area contributed by atoms with Gasteiger partial charge in [-0.05, 0) is 37.1 Å². The van der Waals surface area contributed by atoms with E-state index < -0.39 is 22.0 Å². The smallest absolute Gasteiger partial charge is 0.243 e. The molecule has 2 aromatic rings. The van der Waals surface area contributed by atoms with Crippen molar-refractivity contribution in [3.8, 4) is 17.2 Å². The van der Waals surface area contributed by atoms with Crippen molar-refractivity contribution in [3.63, 3.8) is 0 Å². The highest BCUT2D eigenvalue weighted by molar-refractivity contribution is 7.89. The van der Waals surface area contributed by atoms with Crippen LogP contribution in [0.2, 0.25) is 0 Å². The van der Waals surface area contributed by atoms with Crippen molar-refractivity contribution in [2.75, 3.05) is 26.1 Å². The van der Waals surface area contributed by atoms with Crippen LogP contribution in [0.4, 0.5) is 5.69 Å². The first-order valence-electron chi connectivity index (χ1n) is 8.70. The highest BCUT2D eigenvalue weighted by Gasteiger charge is 2.39. The standard InChI is InChI=1S/C19H22N2O6S/c1-26-17-9-8-15(12-18(17)27-2)28(24,25)21-10-4-7-16(21)19(23)20-13-5-3-6-14(22)11-13/h3,5-6,8-9,11-12,16,22H,4,7,10H2,1-2H3,(H,20,23). The SMILES string of the molecule is COc1ccc(S(=O)(=O)N2CCCC2C(=O)Nc2cccc(O)c2)cc1OC. The first kappa shape index (κ1) is 20.0. The Morgan fingerprint density at radius 2 is 1.89 bits per heavy atom. The number of nitrogens with one attached hydrogen (secondary N) is 1. The molecule has 0 aromatic heterocycles. The predicted molar refractivity (Wildman–Crippen MR) is 103 cm³/mol. The summed E-state index contributed by atoms with van der Waals surface area (Å²) in [5.74, 6) is 0.288. The normalized spacial score (nSPS) is 17.3. The Kier molecular flexibility index (Phi) is 5.76. The molecule has 0 bridgehead atoms. The van der Waals surface area contributed by atoms with E-state index in [0.717, 1.165) is 0 Å². The van der Waals surface area contributed by atoms with Gasteiger partial charge in [0.1, 0.15) is 11.8 Å². The fourth-order valence-electron chi connectivity index (χ4n) is 3.21. The summed E-state index contributed by atoms with van der Waals surface area (Å²) >= 11 is 0. The summed E-state index contributed by atoms with van der Waals surface area (Å²) in [6.45, 7) is 0.245. The quantitative estimate of drug-likeness (QED) is 0.762. The van der Waals surface area contributed by atoms with Crippen molar-refractivity contribution in [2.24, 2.45) is 0 Å². The van der Waals surface area contributed by atoms with Gasteiger partial charge in [0.15, 0.2) is 11.5 Å². The number of aromatic hydroxyl groups is 1. The van der Waals surface area contributed by atoms with Gasteiger partial charge in [0.2, 0.25) is 15.9 Å². The first-order chi connectivity index (χ1) is 13.4. The zero-order valence-electron chi connectivity index (χ0n) is 15.6. The number of nitrogens with zero attached hydrogens (tertiary/aromatic N) is 1. The van der Waals surface area contributed by atoms with Crippen LogP contribution in [0.1, 0.15) is 12.8 Å². The van der Waals surface area contributed by atoms with Gasteiger partial charge in [0.05, 0.1) is 19.1 Å². The molecule has 1 aliphatic rings. The molecule has 1 saturated heterocycles. The Bertz CT molecular complexity index is 976. The van der Waals surface area contributed by atoms with Crippen molar-refractivity contribution in [2.45, 2.75) is 23.8 Å². The lowest BCUT2D eigenvalue weighted by Crippen LogP contribution is -2.43. The maximum atomic E-state index is 13.1. The van der Waals surface area contributed by atoms with E-state index in [1.54, 1.807) is 12.1 Å². The van der Waals surface area contributed by atoms with E-state index in [1.807, 2.05) is 0 Å². The van der Waals surface area contributed by atoms with Gasteiger partial charge in [-0.3, -0.25) is 4.79 Å². The van der Waals surface area contributed by atoms with Crippen LogP contribution in [0.5, 0.6) is 17.2 Å². The summed E-state index contributed by atoms with van der Waals surface area (Å²) in [6, 6.07) is 9.61. The number of rotatable bonds is 6. The molecule has 1 aliphatic heterocycles. The highest BCUT2D eigenvalue weighted by atomic mass is 32.2. The lowest BCUT2D eigenvalue weighted by molar-refractivity contribution is -0.119. The lowest BCUT2D eigenvalue weighted by atomic mass is 10.2. The molecule has 0 radical (unpaired) electrons. The number of ether oxygens (including phenoxy) is 2. The van der Waals surface area contributed by atoms with Crippen LogP contribution in [-0.4, -0.2) is 50.5 Å². The monoisotopic (exact) mass is 406 g/mol. The van der Waals surface area contributed by atoms with Gasteiger partial charge in [-0.2, -0.15) is 4.31 Å². The average Bonchev–Trinajstić information content (AvgIpc) is 3.18. The van der Waals surface area contributed by atoms with Gasteiger partial charge in [-0.25, -0.2) is 8.42 Å². The van der Waals surface area contributed by atoms with Crippen LogP contribution in [0.25, 0.3) is 0 Å². The summed E-state index contributed by atoms with van der Waals surface area (Å²) in [6.07, 6.45) is 0.988. The van der Waals surface area contributed by atoms with Gasteiger partial charge in [0.25, 0.3) is 0 Å². The van der Waals surface area contributed by atoms with Crippen molar-refractivity contribution in [1.29, 1.82) is 0 Å². The summed E-state index contributed by atoms with van der Waals surface area (Å²) in [7, 11) is -1.01. The molecule has 8 nitrogen and oxygen atoms in total. The number of benzene rings is 2. The molecule has 0 aliphatic carbocycles. The van der Waals surface area contributed by atoms with Gasteiger partial charge in [-0.15, -0.1) is 0 Å². The second-order valence-electron chi connectivity index (χ2n) is 6.33. The summed E-state index contributed by atoms with van der Waals surface area (Å²) in [5, 5.41) is 12.2. The van der Waals surface area contributed by atoms with Crippen LogP contribution in [0.3, 0.4) is 0 Å². The van der Waals surface area contributed by atoms with Gasteiger partial charge in [-0.1, -0.05) is 6.07 Å². The van der Waals surface area contributed by atoms with Crippen LogP contribution in [-0.2, 0) is 14.8 Å². The maximum absolute atomic E-state index is 13.1. The van der Waals surface area contributed by atoms with Crippen LogP contribution >= 0.6 is 0 Å². The zero-order valence-corrected chi connectivity index (χ0v) is 16.4. The topological polar surface area (TPSA) is 105 Å².